The SMILES string of the molecule is O=C(O)C1CCCC1NS(=O)(=O)c1cncc(Br)c1. The van der Waals surface area contributed by atoms with Crippen LogP contribution in [0.5, 0.6) is 0 Å². The molecular weight excluding hydrogens is 336 g/mol. The highest BCUT2D eigenvalue weighted by Gasteiger charge is 2.35. The first-order valence-corrected chi connectivity index (χ1v) is 8.03. The molecule has 1 aromatic rings. The van der Waals surface area contributed by atoms with Crippen molar-refractivity contribution in [3.8, 4) is 0 Å². The Kier molecular flexibility index (Phi) is 4.22. The average molecular weight is 349 g/mol. The third-order valence-corrected chi connectivity index (χ3v) is 5.02. The monoisotopic (exact) mass is 348 g/mol. The lowest BCUT2D eigenvalue weighted by molar-refractivity contribution is -0.141. The van der Waals surface area contributed by atoms with Crippen LogP contribution < -0.4 is 4.72 Å². The van der Waals surface area contributed by atoms with E-state index in [1.54, 1.807) is 0 Å². The van der Waals surface area contributed by atoms with E-state index >= 15 is 0 Å². The van der Waals surface area contributed by atoms with Crippen molar-refractivity contribution in [2.45, 2.75) is 30.2 Å². The number of rotatable bonds is 4. The Morgan fingerprint density at radius 3 is 2.79 bits per heavy atom. The van der Waals surface area contributed by atoms with Crippen LogP contribution in [0.15, 0.2) is 27.8 Å². The summed E-state index contributed by atoms with van der Waals surface area (Å²) in [5, 5.41) is 9.04. The van der Waals surface area contributed by atoms with Gasteiger partial charge >= 0.3 is 5.97 Å². The van der Waals surface area contributed by atoms with Crippen molar-refractivity contribution in [1.29, 1.82) is 0 Å². The van der Waals surface area contributed by atoms with E-state index in [9.17, 15) is 13.2 Å². The number of hydrogen-bond acceptors (Lipinski definition) is 4. The van der Waals surface area contributed by atoms with Crippen LogP contribution in [0.1, 0.15) is 19.3 Å². The lowest BCUT2D eigenvalue weighted by Crippen LogP contribution is -2.40. The van der Waals surface area contributed by atoms with Crippen LogP contribution in [-0.4, -0.2) is 30.5 Å². The van der Waals surface area contributed by atoms with E-state index in [1.807, 2.05) is 0 Å². The smallest absolute Gasteiger partial charge is 0.308 e. The number of nitrogens with one attached hydrogen (secondary N) is 1. The first-order chi connectivity index (χ1) is 8.90. The fourth-order valence-corrected chi connectivity index (χ4v) is 4.02. The van der Waals surface area contributed by atoms with Crippen LogP contribution in [0.25, 0.3) is 0 Å². The molecule has 1 aliphatic rings. The van der Waals surface area contributed by atoms with Crippen molar-refractivity contribution in [2.24, 2.45) is 5.92 Å². The Balaban J connectivity index is 2.20. The zero-order valence-electron chi connectivity index (χ0n) is 9.91. The minimum Gasteiger partial charge on any atom is -0.481 e. The fourth-order valence-electron chi connectivity index (χ4n) is 2.20. The summed E-state index contributed by atoms with van der Waals surface area (Å²) in [5.41, 5.74) is 0. The van der Waals surface area contributed by atoms with Crippen molar-refractivity contribution in [1.82, 2.24) is 9.71 Å². The van der Waals surface area contributed by atoms with E-state index in [2.05, 4.69) is 25.6 Å². The maximum Gasteiger partial charge on any atom is 0.308 e. The second-order valence-corrected chi connectivity index (χ2v) is 7.07. The van der Waals surface area contributed by atoms with Gasteiger partial charge in [0.15, 0.2) is 0 Å². The highest BCUT2D eigenvalue weighted by molar-refractivity contribution is 9.10. The van der Waals surface area contributed by atoms with E-state index in [0.717, 1.165) is 0 Å². The molecule has 2 N–H and O–H groups in total. The van der Waals surface area contributed by atoms with Crippen molar-refractivity contribution < 1.29 is 18.3 Å². The van der Waals surface area contributed by atoms with Crippen molar-refractivity contribution in [3.63, 3.8) is 0 Å². The molecule has 0 aromatic carbocycles. The summed E-state index contributed by atoms with van der Waals surface area (Å²) in [5.74, 6) is -1.62. The zero-order valence-corrected chi connectivity index (χ0v) is 12.3. The molecule has 2 unspecified atom stereocenters. The average Bonchev–Trinajstić information content (AvgIpc) is 2.76. The maximum atomic E-state index is 12.1. The molecule has 0 aliphatic heterocycles. The first-order valence-electron chi connectivity index (χ1n) is 5.76. The standard InChI is InChI=1S/C11H13BrN2O4S/c12-7-4-8(6-13-5-7)19(17,18)14-10-3-1-2-9(10)11(15)16/h4-6,9-10,14H,1-3H2,(H,15,16). The molecule has 1 aliphatic carbocycles. The third-order valence-electron chi connectivity index (χ3n) is 3.13. The maximum absolute atomic E-state index is 12.1. The van der Waals surface area contributed by atoms with Gasteiger partial charge in [0.2, 0.25) is 10.0 Å². The van der Waals surface area contributed by atoms with Gasteiger partial charge in [0.05, 0.1) is 5.92 Å². The van der Waals surface area contributed by atoms with Crippen LogP contribution in [0.3, 0.4) is 0 Å². The van der Waals surface area contributed by atoms with Crippen molar-refractivity contribution in [3.05, 3.63) is 22.9 Å². The molecule has 8 heteroatoms. The highest BCUT2D eigenvalue weighted by Crippen LogP contribution is 2.27. The summed E-state index contributed by atoms with van der Waals surface area (Å²) in [6, 6.07) is 0.876. The molecule has 2 rings (SSSR count). The lowest BCUT2D eigenvalue weighted by Gasteiger charge is -2.17. The number of nitrogens with zero attached hydrogens (tertiary/aromatic N) is 1. The summed E-state index contributed by atoms with van der Waals surface area (Å²) in [6.45, 7) is 0. The van der Waals surface area contributed by atoms with Crippen LogP contribution in [0, 0.1) is 5.92 Å². The minimum atomic E-state index is -3.74. The molecule has 19 heavy (non-hydrogen) atoms. The molecule has 6 nitrogen and oxygen atoms in total. The Morgan fingerprint density at radius 1 is 1.42 bits per heavy atom. The summed E-state index contributed by atoms with van der Waals surface area (Å²) >= 11 is 3.15. The van der Waals surface area contributed by atoms with E-state index in [0.29, 0.717) is 23.7 Å². The second-order valence-electron chi connectivity index (χ2n) is 4.44. The van der Waals surface area contributed by atoms with Gasteiger partial charge in [0.1, 0.15) is 4.90 Å². The number of aliphatic carboxylic acids is 1. The fraction of sp³-hybridized carbons (Fsp3) is 0.455. The van der Waals surface area contributed by atoms with Gasteiger partial charge in [0, 0.05) is 22.9 Å². The van der Waals surface area contributed by atoms with Crippen molar-refractivity contribution in [2.75, 3.05) is 0 Å². The number of sulfonamides is 1. The molecule has 1 saturated carbocycles. The van der Waals surface area contributed by atoms with E-state index in [4.69, 9.17) is 5.11 Å². The molecule has 1 heterocycles. The summed E-state index contributed by atoms with van der Waals surface area (Å²) in [4.78, 5) is 14.9. The number of carbonyl (C=O) groups is 1. The van der Waals surface area contributed by atoms with Crippen molar-refractivity contribution >= 4 is 31.9 Å². The Morgan fingerprint density at radius 2 is 2.16 bits per heavy atom. The van der Waals surface area contributed by atoms with Crippen LogP contribution in [0.2, 0.25) is 0 Å². The van der Waals surface area contributed by atoms with Gasteiger partial charge in [-0.25, -0.2) is 13.1 Å². The molecule has 0 radical (unpaired) electrons. The summed E-state index contributed by atoms with van der Waals surface area (Å²) in [6.07, 6.45) is 4.46. The number of halogens is 1. The van der Waals surface area contributed by atoms with Gasteiger partial charge in [-0.1, -0.05) is 6.42 Å². The normalized spacial score (nSPS) is 23.4. The number of carboxylic acids is 1. The molecule has 1 aromatic heterocycles. The predicted octanol–water partition coefficient (Wildman–Crippen LogP) is 1.38. The molecule has 104 valence electrons. The Labute approximate surface area is 119 Å². The molecule has 0 spiro atoms. The molecule has 0 saturated heterocycles. The van der Waals surface area contributed by atoms with Crippen LogP contribution in [-0.2, 0) is 14.8 Å². The van der Waals surface area contributed by atoms with Gasteiger partial charge < -0.3 is 5.11 Å². The van der Waals surface area contributed by atoms with Gasteiger partial charge in [-0.2, -0.15) is 0 Å². The Hall–Kier alpha value is -0.990. The van der Waals surface area contributed by atoms with Crippen LogP contribution in [0.4, 0.5) is 0 Å². The van der Waals surface area contributed by atoms with Gasteiger partial charge in [-0.15, -0.1) is 0 Å². The highest BCUT2D eigenvalue weighted by atomic mass is 79.9. The third kappa shape index (κ3) is 3.31. The summed E-state index contributed by atoms with van der Waals surface area (Å²) in [7, 11) is -3.74. The number of hydrogen-bond donors (Lipinski definition) is 2. The minimum absolute atomic E-state index is 0.0258. The number of carboxylic acid groups (broad SMARTS) is 1. The number of pyridine rings is 1. The van der Waals surface area contributed by atoms with Crippen LogP contribution >= 0.6 is 15.9 Å². The largest absolute Gasteiger partial charge is 0.481 e. The molecule has 0 bridgehead atoms. The van der Waals surface area contributed by atoms with Gasteiger partial charge in [-0.05, 0) is 34.8 Å². The Bertz CT molecular complexity index is 590. The first kappa shape index (κ1) is 14.4. The zero-order chi connectivity index (χ0) is 14.0. The second kappa shape index (κ2) is 5.56. The molecule has 2 atom stereocenters. The molecular formula is C11H13BrN2O4S. The topological polar surface area (TPSA) is 96.4 Å². The molecule has 0 amide bonds. The van der Waals surface area contributed by atoms with E-state index in [-0.39, 0.29) is 4.90 Å². The lowest BCUT2D eigenvalue weighted by atomic mass is 10.1. The van der Waals surface area contributed by atoms with Gasteiger partial charge in [-0.3, -0.25) is 9.78 Å². The van der Waals surface area contributed by atoms with Gasteiger partial charge in [0.25, 0.3) is 0 Å². The van der Waals surface area contributed by atoms with E-state index in [1.165, 1.54) is 18.5 Å². The summed E-state index contributed by atoms with van der Waals surface area (Å²) < 4.78 is 27.3. The number of aromatic nitrogens is 1. The van der Waals surface area contributed by atoms with E-state index < -0.39 is 28.0 Å². The molecule has 1 fully saturated rings. The quantitative estimate of drug-likeness (QED) is 0.856. The predicted molar refractivity (Wildman–Crippen MR) is 71.0 cm³/mol.